The SMILES string of the molecule is N#CCC(C(N)=NC1C2CC3CC1CC(O)(C3)C2)N1CCC(F)C1. The maximum absolute atomic E-state index is 13.5. The second kappa shape index (κ2) is 5.96. The average Bonchev–Trinajstić information content (AvgIpc) is 2.93. The first kappa shape index (κ1) is 16.3. The summed E-state index contributed by atoms with van der Waals surface area (Å²) < 4.78 is 13.5. The van der Waals surface area contributed by atoms with Crippen molar-refractivity contribution in [2.24, 2.45) is 28.5 Å². The van der Waals surface area contributed by atoms with Crippen molar-refractivity contribution < 1.29 is 9.50 Å². The highest BCUT2D eigenvalue weighted by atomic mass is 19.1. The molecule has 24 heavy (non-hydrogen) atoms. The number of alkyl halides is 1. The maximum atomic E-state index is 13.5. The Kier molecular flexibility index (Phi) is 4.04. The summed E-state index contributed by atoms with van der Waals surface area (Å²) in [4.78, 5) is 6.83. The van der Waals surface area contributed by atoms with E-state index in [-0.39, 0.29) is 18.5 Å². The average molecular weight is 334 g/mol. The van der Waals surface area contributed by atoms with Crippen molar-refractivity contribution >= 4 is 5.84 Å². The van der Waals surface area contributed by atoms with Gasteiger partial charge in [-0.05, 0) is 56.3 Å². The first-order valence-corrected chi connectivity index (χ1v) is 9.28. The molecular weight excluding hydrogens is 307 g/mol. The Bertz CT molecular complexity index is 558. The Hall–Kier alpha value is -1.19. The van der Waals surface area contributed by atoms with Crippen molar-refractivity contribution in [1.82, 2.24) is 4.90 Å². The quantitative estimate of drug-likeness (QED) is 0.604. The predicted molar refractivity (Wildman–Crippen MR) is 89.0 cm³/mol. The Balaban J connectivity index is 1.52. The fourth-order valence-electron chi connectivity index (χ4n) is 5.96. The van der Waals surface area contributed by atoms with Gasteiger partial charge >= 0.3 is 0 Å². The summed E-state index contributed by atoms with van der Waals surface area (Å²) in [5.41, 5.74) is 5.84. The van der Waals surface area contributed by atoms with Gasteiger partial charge in [0.25, 0.3) is 0 Å². The van der Waals surface area contributed by atoms with Gasteiger partial charge in [0.15, 0.2) is 0 Å². The third kappa shape index (κ3) is 2.82. The monoisotopic (exact) mass is 334 g/mol. The van der Waals surface area contributed by atoms with E-state index in [2.05, 4.69) is 6.07 Å². The molecule has 5 aliphatic rings. The van der Waals surface area contributed by atoms with Crippen LogP contribution in [0.3, 0.4) is 0 Å². The number of nitriles is 1. The smallest absolute Gasteiger partial charge is 0.114 e. The summed E-state index contributed by atoms with van der Waals surface area (Å²) in [5.74, 6) is 1.96. The number of halogens is 1. The fourth-order valence-corrected chi connectivity index (χ4v) is 5.96. The highest BCUT2D eigenvalue weighted by molar-refractivity contribution is 5.86. The van der Waals surface area contributed by atoms with Crippen LogP contribution in [0.1, 0.15) is 44.9 Å². The van der Waals surface area contributed by atoms with Crippen molar-refractivity contribution in [3.63, 3.8) is 0 Å². The molecule has 5 nitrogen and oxygen atoms in total. The van der Waals surface area contributed by atoms with Gasteiger partial charge in [0.1, 0.15) is 12.0 Å². The molecule has 3 N–H and O–H groups in total. The molecule has 1 saturated heterocycles. The van der Waals surface area contributed by atoms with Gasteiger partial charge in [-0.2, -0.15) is 5.26 Å². The van der Waals surface area contributed by atoms with Crippen LogP contribution in [0.4, 0.5) is 4.39 Å². The molecule has 5 rings (SSSR count). The Labute approximate surface area is 142 Å². The van der Waals surface area contributed by atoms with Crippen LogP contribution in [-0.2, 0) is 0 Å². The number of aliphatic imine (C=N–C) groups is 1. The van der Waals surface area contributed by atoms with Crippen molar-refractivity contribution in [3.8, 4) is 6.07 Å². The topological polar surface area (TPSA) is 85.6 Å². The number of hydrogen-bond donors (Lipinski definition) is 2. The Morgan fingerprint density at radius 2 is 2.08 bits per heavy atom. The molecule has 4 unspecified atom stereocenters. The molecule has 1 aliphatic heterocycles. The lowest BCUT2D eigenvalue weighted by molar-refractivity contribution is -0.132. The molecule has 132 valence electrons. The number of likely N-dealkylation sites (tertiary alicyclic amines) is 1. The van der Waals surface area contributed by atoms with E-state index in [0.29, 0.717) is 43.1 Å². The van der Waals surface area contributed by atoms with Crippen LogP contribution >= 0.6 is 0 Å². The molecule has 0 spiro atoms. The first-order valence-electron chi connectivity index (χ1n) is 9.28. The minimum atomic E-state index is -0.825. The van der Waals surface area contributed by atoms with Gasteiger partial charge in [-0.25, -0.2) is 4.39 Å². The zero-order valence-electron chi connectivity index (χ0n) is 14.1. The van der Waals surface area contributed by atoms with Crippen LogP contribution < -0.4 is 5.73 Å². The molecule has 4 bridgehead atoms. The molecule has 4 atom stereocenters. The summed E-state index contributed by atoms with van der Waals surface area (Å²) in [7, 11) is 0. The minimum absolute atomic E-state index is 0.173. The van der Waals surface area contributed by atoms with Gasteiger partial charge in [-0.15, -0.1) is 0 Å². The standard InChI is InChI=1S/C18H27FN4O/c19-14-2-4-23(10-14)15(1-3-20)17(21)22-16-12-5-11-6-13(16)9-18(24,7-11)8-12/h11-16,24H,1-2,4-10H2,(H2,21,22). The van der Waals surface area contributed by atoms with Gasteiger partial charge in [0, 0.05) is 13.1 Å². The molecule has 0 aromatic carbocycles. The molecule has 6 heteroatoms. The first-order chi connectivity index (χ1) is 11.5. The minimum Gasteiger partial charge on any atom is -0.390 e. The summed E-state index contributed by atoms with van der Waals surface area (Å²) in [6, 6.07) is 2.09. The normalized spacial score (nSPS) is 46.2. The molecule has 4 saturated carbocycles. The highest BCUT2D eigenvalue weighted by Gasteiger charge is 2.55. The third-order valence-corrected chi connectivity index (χ3v) is 6.72. The van der Waals surface area contributed by atoms with Crippen LogP contribution in [0.5, 0.6) is 0 Å². The zero-order chi connectivity index (χ0) is 16.9. The number of nitrogens with two attached hydrogens (primary N) is 1. The van der Waals surface area contributed by atoms with Crippen molar-refractivity contribution in [2.45, 2.75) is 68.8 Å². The van der Waals surface area contributed by atoms with Gasteiger partial charge in [-0.1, -0.05) is 0 Å². The van der Waals surface area contributed by atoms with Crippen molar-refractivity contribution in [2.75, 3.05) is 13.1 Å². The number of amidine groups is 1. The summed E-state index contributed by atoms with van der Waals surface area (Å²) in [6.07, 6.45) is 4.85. The van der Waals surface area contributed by atoms with Crippen LogP contribution in [0, 0.1) is 29.1 Å². The lowest BCUT2D eigenvalue weighted by Crippen LogP contribution is -2.57. The summed E-state index contributed by atoms with van der Waals surface area (Å²) >= 11 is 0. The van der Waals surface area contributed by atoms with E-state index in [4.69, 9.17) is 16.0 Å². The van der Waals surface area contributed by atoms with E-state index in [1.165, 1.54) is 0 Å². The lowest BCUT2D eigenvalue weighted by atomic mass is 9.52. The maximum Gasteiger partial charge on any atom is 0.114 e. The zero-order valence-corrected chi connectivity index (χ0v) is 14.1. The highest BCUT2D eigenvalue weighted by Crippen LogP contribution is 2.56. The van der Waals surface area contributed by atoms with Gasteiger partial charge < -0.3 is 10.8 Å². The van der Waals surface area contributed by atoms with Crippen LogP contribution in [0.15, 0.2) is 4.99 Å². The van der Waals surface area contributed by atoms with E-state index in [9.17, 15) is 9.50 Å². The van der Waals surface area contributed by atoms with E-state index < -0.39 is 11.8 Å². The van der Waals surface area contributed by atoms with Gasteiger partial charge in [-0.3, -0.25) is 9.89 Å². The van der Waals surface area contributed by atoms with Crippen LogP contribution in [-0.4, -0.2) is 52.8 Å². The number of aliphatic hydroxyl groups is 1. The van der Waals surface area contributed by atoms with Crippen LogP contribution in [0.25, 0.3) is 0 Å². The number of rotatable bonds is 4. The third-order valence-electron chi connectivity index (χ3n) is 6.72. The molecule has 0 amide bonds. The Morgan fingerprint density at radius 1 is 1.38 bits per heavy atom. The molecule has 0 aromatic rings. The summed E-state index contributed by atoms with van der Waals surface area (Å²) in [6.45, 7) is 0.991. The Morgan fingerprint density at radius 3 is 2.62 bits per heavy atom. The molecule has 0 radical (unpaired) electrons. The van der Waals surface area contributed by atoms with E-state index >= 15 is 0 Å². The van der Waals surface area contributed by atoms with E-state index in [1.807, 2.05) is 4.90 Å². The largest absolute Gasteiger partial charge is 0.390 e. The molecular formula is C18H27FN4O. The lowest BCUT2D eigenvalue weighted by Gasteiger charge is -2.57. The summed E-state index contributed by atoms with van der Waals surface area (Å²) in [5, 5.41) is 19.8. The van der Waals surface area contributed by atoms with Gasteiger partial charge in [0.05, 0.1) is 30.2 Å². The number of nitrogens with zero attached hydrogens (tertiary/aromatic N) is 3. The van der Waals surface area contributed by atoms with Crippen LogP contribution in [0.2, 0.25) is 0 Å². The van der Waals surface area contributed by atoms with E-state index in [1.54, 1.807) is 0 Å². The van der Waals surface area contributed by atoms with Gasteiger partial charge in [0.2, 0.25) is 0 Å². The fraction of sp³-hybridized carbons (Fsp3) is 0.889. The van der Waals surface area contributed by atoms with Crippen molar-refractivity contribution in [3.05, 3.63) is 0 Å². The molecule has 1 heterocycles. The van der Waals surface area contributed by atoms with E-state index in [0.717, 1.165) is 32.1 Å². The number of hydrogen-bond acceptors (Lipinski definition) is 4. The predicted octanol–water partition coefficient (Wildman–Crippen LogP) is 1.61. The second-order valence-electron chi connectivity index (χ2n) is 8.50. The molecule has 5 fully saturated rings. The second-order valence-corrected chi connectivity index (χ2v) is 8.50. The van der Waals surface area contributed by atoms with Crippen molar-refractivity contribution in [1.29, 1.82) is 5.26 Å². The molecule has 4 aliphatic carbocycles. The molecule has 0 aromatic heterocycles.